The molecule has 0 aliphatic carbocycles. The zero-order valence-corrected chi connectivity index (χ0v) is 11.7. The number of benzene rings is 1. The number of nitrogens with one attached hydrogen (secondary N) is 2. The Morgan fingerprint density at radius 2 is 1.95 bits per heavy atom. The summed E-state index contributed by atoms with van der Waals surface area (Å²) < 4.78 is 0. The lowest BCUT2D eigenvalue weighted by molar-refractivity contribution is -0.121. The molecule has 20 heavy (non-hydrogen) atoms. The number of hydrogen-bond acceptors (Lipinski definition) is 3. The number of pyridine rings is 1. The molecule has 0 bridgehead atoms. The molecule has 2 rings (SSSR count). The molecule has 0 radical (unpaired) electrons. The van der Waals surface area contributed by atoms with Gasteiger partial charge < -0.3 is 10.6 Å². The van der Waals surface area contributed by atoms with Gasteiger partial charge in [0.1, 0.15) is 0 Å². The summed E-state index contributed by atoms with van der Waals surface area (Å²) in [5.74, 6) is -0.0183. The molecule has 0 atom stereocenters. The third kappa shape index (κ3) is 4.55. The molecule has 1 aromatic heterocycles. The van der Waals surface area contributed by atoms with Gasteiger partial charge in [0.15, 0.2) is 0 Å². The van der Waals surface area contributed by atoms with Gasteiger partial charge in [-0.3, -0.25) is 9.78 Å². The monoisotopic (exact) mass is 289 g/mol. The number of carbonyl (C=O) groups is 1. The van der Waals surface area contributed by atoms with E-state index >= 15 is 0 Å². The van der Waals surface area contributed by atoms with E-state index in [9.17, 15) is 4.79 Å². The van der Waals surface area contributed by atoms with E-state index in [1.807, 2.05) is 42.5 Å². The van der Waals surface area contributed by atoms with Gasteiger partial charge in [-0.1, -0.05) is 29.8 Å². The third-order valence-electron chi connectivity index (χ3n) is 2.73. The Hall–Kier alpha value is -2.07. The lowest BCUT2D eigenvalue weighted by Crippen LogP contribution is -2.25. The molecule has 0 fully saturated rings. The van der Waals surface area contributed by atoms with Crippen molar-refractivity contribution in [3.63, 3.8) is 0 Å². The minimum atomic E-state index is -0.0183. The summed E-state index contributed by atoms with van der Waals surface area (Å²) in [5.41, 5.74) is 1.69. The van der Waals surface area contributed by atoms with E-state index in [0.29, 0.717) is 24.5 Å². The largest absolute Gasteiger partial charge is 0.383 e. The minimum Gasteiger partial charge on any atom is -0.383 e. The van der Waals surface area contributed by atoms with Gasteiger partial charge >= 0.3 is 0 Å². The lowest BCUT2D eigenvalue weighted by atomic mass is 10.3. The van der Waals surface area contributed by atoms with Crippen LogP contribution >= 0.6 is 11.6 Å². The SMILES string of the molecule is O=C(CCNc1ccccc1Cl)NCc1ccccn1. The molecule has 1 aromatic carbocycles. The number of aromatic nitrogens is 1. The summed E-state index contributed by atoms with van der Waals surface area (Å²) in [6.07, 6.45) is 2.10. The highest BCUT2D eigenvalue weighted by atomic mass is 35.5. The topological polar surface area (TPSA) is 54.0 Å². The highest BCUT2D eigenvalue weighted by Crippen LogP contribution is 2.19. The maximum absolute atomic E-state index is 11.7. The quantitative estimate of drug-likeness (QED) is 0.860. The van der Waals surface area contributed by atoms with Gasteiger partial charge in [0.05, 0.1) is 22.9 Å². The van der Waals surface area contributed by atoms with Crippen molar-refractivity contribution in [1.82, 2.24) is 10.3 Å². The molecule has 1 heterocycles. The first-order valence-electron chi connectivity index (χ1n) is 6.41. The molecule has 0 aliphatic heterocycles. The number of nitrogens with zero attached hydrogens (tertiary/aromatic N) is 1. The van der Waals surface area contributed by atoms with Crippen molar-refractivity contribution < 1.29 is 4.79 Å². The Kier molecular flexibility index (Phi) is 5.38. The van der Waals surface area contributed by atoms with E-state index < -0.39 is 0 Å². The Labute approximate surface area is 123 Å². The number of hydrogen-bond donors (Lipinski definition) is 2. The van der Waals surface area contributed by atoms with Gasteiger partial charge in [0.25, 0.3) is 0 Å². The molecule has 2 aromatic rings. The predicted octanol–water partition coefficient (Wildman–Crippen LogP) is 2.85. The van der Waals surface area contributed by atoms with E-state index in [4.69, 9.17) is 11.6 Å². The standard InChI is InChI=1S/C15H16ClN3O/c16-13-6-1-2-7-14(13)18-10-8-15(20)19-11-12-5-3-4-9-17-12/h1-7,9,18H,8,10-11H2,(H,19,20). The molecule has 1 amide bonds. The third-order valence-corrected chi connectivity index (χ3v) is 3.06. The molecule has 0 unspecified atom stereocenters. The smallest absolute Gasteiger partial charge is 0.222 e. The van der Waals surface area contributed by atoms with Crippen LogP contribution in [0.2, 0.25) is 5.02 Å². The predicted molar refractivity (Wildman–Crippen MR) is 80.6 cm³/mol. The van der Waals surface area contributed by atoms with E-state index in [1.54, 1.807) is 6.20 Å². The van der Waals surface area contributed by atoms with Crippen molar-refractivity contribution in [3.05, 3.63) is 59.4 Å². The van der Waals surface area contributed by atoms with Crippen molar-refractivity contribution >= 4 is 23.2 Å². The second kappa shape index (κ2) is 7.50. The van der Waals surface area contributed by atoms with Crippen LogP contribution in [0.15, 0.2) is 48.7 Å². The minimum absolute atomic E-state index is 0.0183. The average molecular weight is 290 g/mol. The fraction of sp³-hybridized carbons (Fsp3) is 0.200. The zero-order valence-electron chi connectivity index (χ0n) is 11.0. The van der Waals surface area contributed by atoms with Crippen LogP contribution in [-0.4, -0.2) is 17.4 Å². The molecule has 0 saturated carbocycles. The number of halogens is 1. The van der Waals surface area contributed by atoms with E-state index in [0.717, 1.165) is 11.4 Å². The lowest BCUT2D eigenvalue weighted by Gasteiger charge is -2.08. The number of anilines is 1. The molecular formula is C15H16ClN3O. The fourth-order valence-corrected chi connectivity index (χ4v) is 1.90. The summed E-state index contributed by atoms with van der Waals surface area (Å²) in [6, 6.07) is 13.1. The second-order valence-electron chi connectivity index (χ2n) is 4.25. The summed E-state index contributed by atoms with van der Waals surface area (Å²) in [6.45, 7) is 0.990. The van der Waals surface area contributed by atoms with E-state index in [2.05, 4.69) is 15.6 Å². The Morgan fingerprint density at radius 1 is 1.15 bits per heavy atom. The fourth-order valence-electron chi connectivity index (χ4n) is 1.70. The van der Waals surface area contributed by atoms with Gasteiger partial charge in [-0.25, -0.2) is 0 Å². The zero-order chi connectivity index (χ0) is 14.2. The summed E-state index contributed by atoms with van der Waals surface area (Å²) >= 11 is 6.01. The van der Waals surface area contributed by atoms with Crippen molar-refractivity contribution in [2.75, 3.05) is 11.9 Å². The molecule has 104 valence electrons. The molecule has 0 aliphatic rings. The normalized spacial score (nSPS) is 10.1. The van der Waals surface area contributed by atoms with Crippen molar-refractivity contribution in [3.8, 4) is 0 Å². The first kappa shape index (κ1) is 14.3. The van der Waals surface area contributed by atoms with Gasteiger partial charge in [-0.15, -0.1) is 0 Å². The average Bonchev–Trinajstić information content (AvgIpc) is 2.48. The summed E-state index contributed by atoms with van der Waals surface area (Å²) in [5, 5.41) is 6.61. The molecule has 0 spiro atoms. The van der Waals surface area contributed by atoms with E-state index in [1.165, 1.54) is 0 Å². The first-order valence-corrected chi connectivity index (χ1v) is 6.78. The highest BCUT2D eigenvalue weighted by Gasteiger charge is 2.03. The Bertz CT molecular complexity index is 560. The highest BCUT2D eigenvalue weighted by molar-refractivity contribution is 6.33. The van der Waals surface area contributed by atoms with Crippen LogP contribution in [0, 0.1) is 0 Å². The summed E-state index contributed by atoms with van der Waals surface area (Å²) in [7, 11) is 0. The van der Waals surface area contributed by atoms with E-state index in [-0.39, 0.29) is 5.91 Å². The van der Waals surface area contributed by atoms with Gasteiger partial charge in [-0.2, -0.15) is 0 Å². The van der Waals surface area contributed by atoms with Crippen LogP contribution in [0.25, 0.3) is 0 Å². The molecular weight excluding hydrogens is 274 g/mol. The van der Waals surface area contributed by atoms with Crippen LogP contribution in [0.4, 0.5) is 5.69 Å². The van der Waals surface area contributed by atoms with Crippen LogP contribution < -0.4 is 10.6 Å². The van der Waals surface area contributed by atoms with Crippen molar-refractivity contribution in [1.29, 1.82) is 0 Å². The Morgan fingerprint density at radius 3 is 2.70 bits per heavy atom. The number of rotatable bonds is 6. The molecule has 0 saturated heterocycles. The number of para-hydroxylation sites is 1. The van der Waals surface area contributed by atoms with Crippen molar-refractivity contribution in [2.45, 2.75) is 13.0 Å². The number of carbonyl (C=O) groups excluding carboxylic acids is 1. The van der Waals surface area contributed by atoms with Gasteiger partial charge in [-0.05, 0) is 24.3 Å². The maximum atomic E-state index is 11.7. The summed E-state index contributed by atoms with van der Waals surface area (Å²) in [4.78, 5) is 15.8. The van der Waals surface area contributed by atoms with Crippen molar-refractivity contribution in [2.24, 2.45) is 0 Å². The molecule has 2 N–H and O–H groups in total. The van der Waals surface area contributed by atoms with Crippen LogP contribution in [0.3, 0.4) is 0 Å². The van der Waals surface area contributed by atoms with Gasteiger partial charge in [0, 0.05) is 19.2 Å². The van der Waals surface area contributed by atoms with Crippen LogP contribution in [0.5, 0.6) is 0 Å². The Balaban J connectivity index is 1.69. The maximum Gasteiger partial charge on any atom is 0.222 e. The molecule has 5 heteroatoms. The first-order chi connectivity index (χ1) is 9.75. The van der Waals surface area contributed by atoms with Gasteiger partial charge in [0.2, 0.25) is 5.91 Å². The number of amides is 1. The van der Waals surface area contributed by atoms with Crippen LogP contribution in [-0.2, 0) is 11.3 Å². The van der Waals surface area contributed by atoms with Crippen LogP contribution in [0.1, 0.15) is 12.1 Å². The molecule has 4 nitrogen and oxygen atoms in total. The second-order valence-corrected chi connectivity index (χ2v) is 4.66.